The van der Waals surface area contributed by atoms with Gasteiger partial charge in [0, 0.05) is 9.47 Å². The van der Waals surface area contributed by atoms with Gasteiger partial charge in [-0.15, -0.1) is 0 Å². The maximum atomic E-state index is 11.1. The van der Waals surface area contributed by atoms with Crippen LogP contribution in [-0.2, 0) is 14.1 Å². The summed E-state index contributed by atoms with van der Waals surface area (Å²) in [7, 11) is -1.83. The van der Waals surface area contributed by atoms with E-state index in [-0.39, 0.29) is 4.90 Å². The Morgan fingerprint density at radius 2 is 1.41 bits per heavy atom. The highest BCUT2D eigenvalue weighted by Gasteiger charge is 2.11. The Hall–Kier alpha value is -0.440. The van der Waals surface area contributed by atoms with Crippen molar-refractivity contribution in [2.24, 2.45) is 5.41 Å². The zero-order valence-corrected chi connectivity index (χ0v) is 13.0. The van der Waals surface area contributed by atoms with Gasteiger partial charge in [0.2, 0.25) is 0 Å². The van der Waals surface area contributed by atoms with Gasteiger partial charge >= 0.3 is 0 Å². The van der Waals surface area contributed by atoms with Crippen molar-refractivity contribution in [3.05, 3.63) is 29.8 Å². The van der Waals surface area contributed by atoms with Crippen LogP contribution in [0.25, 0.3) is 0 Å². The lowest BCUT2D eigenvalue weighted by atomic mass is 10.0. The van der Waals surface area contributed by atoms with Crippen LogP contribution in [-0.4, -0.2) is 8.42 Å². The molecule has 98 valence electrons. The highest BCUT2D eigenvalue weighted by molar-refractivity contribution is 7.88. The van der Waals surface area contributed by atoms with Crippen LogP contribution < -0.4 is 0 Å². The van der Waals surface area contributed by atoms with Crippen LogP contribution in [0.1, 0.15) is 33.3 Å². The number of hydrogen-bond acceptors (Lipinski definition) is 3. The van der Waals surface area contributed by atoms with Crippen molar-refractivity contribution in [3.63, 3.8) is 0 Å². The zero-order chi connectivity index (χ0) is 13.7. The minimum atomic E-state index is -3.55. The molecule has 0 fully saturated rings. The molecule has 0 aliphatic rings. The third-order valence-electron chi connectivity index (χ3n) is 1.44. The fourth-order valence-electron chi connectivity index (χ4n) is 0.760. The standard InChI is InChI=1S/C7H9O3PS.C5H12/c1-6-2-4-7(5-3-6)12(8,9)10-11;1-5(2,3)4/h2-5H,11H2,1H3;1-4H3. The molecule has 0 heterocycles. The Morgan fingerprint density at radius 3 is 1.71 bits per heavy atom. The first-order valence-electron chi connectivity index (χ1n) is 5.26. The molecule has 0 N–H and O–H groups in total. The molecule has 0 aromatic heterocycles. The summed E-state index contributed by atoms with van der Waals surface area (Å²) in [6.07, 6.45) is 0. The molecule has 0 amide bonds. The lowest BCUT2D eigenvalue weighted by molar-refractivity contribution is 0.469. The van der Waals surface area contributed by atoms with Crippen LogP contribution in [0.3, 0.4) is 0 Å². The van der Waals surface area contributed by atoms with Crippen molar-refractivity contribution < 1.29 is 12.4 Å². The van der Waals surface area contributed by atoms with Crippen molar-refractivity contribution in [1.82, 2.24) is 0 Å². The second-order valence-electron chi connectivity index (χ2n) is 5.36. The van der Waals surface area contributed by atoms with Gasteiger partial charge in [-0.1, -0.05) is 45.4 Å². The monoisotopic (exact) mass is 276 g/mol. The van der Waals surface area contributed by atoms with Crippen LogP contribution in [0.4, 0.5) is 0 Å². The Labute approximate surface area is 107 Å². The maximum absolute atomic E-state index is 11.1. The molecule has 0 saturated carbocycles. The molecular formula is C12H21O3PS. The van der Waals surface area contributed by atoms with Gasteiger partial charge in [0.1, 0.15) is 0 Å². The van der Waals surface area contributed by atoms with Gasteiger partial charge < -0.3 is 0 Å². The lowest BCUT2D eigenvalue weighted by Gasteiger charge is -2.05. The molecule has 0 radical (unpaired) electrons. The molecule has 0 aliphatic carbocycles. The van der Waals surface area contributed by atoms with E-state index in [0.29, 0.717) is 5.41 Å². The summed E-state index contributed by atoms with van der Waals surface area (Å²) in [5, 5.41) is 0. The first-order chi connectivity index (χ1) is 7.56. The van der Waals surface area contributed by atoms with E-state index in [2.05, 4.69) is 31.7 Å². The maximum Gasteiger partial charge on any atom is 0.299 e. The summed E-state index contributed by atoms with van der Waals surface area (Å²) in [6, 6.07) is 6.45. The largest absolute Gasteiger partial charge is 0.299 e. The molecule has 3 nitrogen and oxygen atoms in total. The minimum absolute atomic E-state index is 0.170. The molecule has 0 bridgehead atoms. The van der Waals surface area contributed by atoms with Gasteiger partial charge in [-0.05, 0) is 24.5 Å². The highest BCUT2D eigenvalue weighted by atomic mass is 32.2. The molecule has 1 unspecified atom stereocenters. The van der Waals surface area contributed by atoms with Gasteiger partial charge in [-0.2, -0.15) is 8.42 Å². The summed E-state index contributed by atoms with van der Waals surface area (Å²) < 4.78 is 26.4. The van der Waals surface area contributed by atoms with E-state index >= 15 is 0 Å². The van der Waals surface area contributed by atoms with Gasteiger partial charge in [0.15, 0.2) is 0 Å². The molecule has 5 heteroatoms. The Kier molecular flexibility index (Phi) is 6.31. The normalized spacial score (nSPS) is 11.6. The predicted molar refractivity (Wildman–Crippen MR) is 74.3 cm³/mol. The lowest BCUT2D eigenvalue weighted by Crippen LogP contribution is -1.98. The minimum Gasteiger partial charge on any atom is -0.251 e. The van der Waals surface area contributed by atoms with Gasteiger partial charge in [-0.25, -0.2) is 0 Å². The Balaban J connectivity index is 0.000000437. The first-order valence-corrected chi connectivity index (χ1v) is 7.14. The number of benzene rings is 1. The van der Waals surface area contributed by atoms with E-state index in [0.717, 1.165) is 5.56 Å². The number of aryl methyl sites for hydroxylation is 1. The molecule has 0 saturated heterocycles. The second kappa shape index (κ2) is 6.48. The zero-order valence-electron chi connectivity index (χ0n) is 11.0. The van der Waals surface area contributed by atoms with E-state index in [1.165, 1.54) is 12.1 Å². The number of rotatable bonds is 2. The molecule has 17 heavy (non-hydrogen) atoms. The fourth-order valence-corrected chi connectivity index (χ4v) is 1.67. The molecule has 1 aromatic rings. The van der Waals surface area contributed by atoms with Crippen LogP contribution in [0.2, 0.25) is 0 Å². The molecular weight excluding hydrogens is 255 g/mol. The SMILES string of the molecule is CC(C)(C)C.Cc1ccc(S(=O)(=O)OP)cc1. The average molecular weight is 276 g/mol. The van der Waals surface area contributed by atoms with Crippen molar-refractivity contribution in [3.8, 4) is 0 Å². The predicted octanol–water partition coefficient (Wildman–Crippen LogP) is 3.54. The summed E-state index contributed by atoms with van der Waals surface area (Å²) >= 11 is 0. The third kappa shape index (κ3) is 8.31. The van der Waals surface area contributed by atoms with Crippen LogP contribution >= 0.6 is 9.47 Å². The first kappa shape index (κ1) is 16.6. The Bertz CT molecular complexity index is 424. The average Bonchev–Trinajstić information content (AvgIpc) is 2.16. The summed E-state index contributed by atoms with van der Waals surface area (Å²) in [4.78, 5) is 0.170. The van der Waals surface area contributed by atoms with Gasteiger partial charge in [0.05, 0.1) is 4.90 Å². The van der Waals surface area contributed by atoms with Crippen LogP contribution in [0, 0.1) is 12.3 Å². The van der Waals surface area contributed by atoms with E-state index < -0.39 is 10.1 Å². The van der Waals surface area contributed by atoms with E-state index in [1.54, 1.807) is 21.6 Å². The number of hydrogen-bond donors (Lipinski definition) is 0. The quantitative estimate of drug-likeness (QED) is 0.776. The molecule has 1 atom stereocenters. The van der Waals surface area contributed by atoms with Crippen molar-refractivity contribution >= 4 is 19.6 Å². The van der Waals surface area contributed by atoms with E-state index in [9.17, 15) is 8.42 Å². The smallest absolute Gasteiger partial charge is 0.251 e. The molecule has 0 spiro atoms. The van der Waals surface area contributed by atoms with Crippen LogP contribution in [0.15, 0.2) is 29.2 Å². The van der Waals surface area contributed by atoms with Crippen molar-refractivity contribution in [1.29, 1.82) is 0 Å². The molecule has 0 aliphatic heterocycles. The van der Waals surface area contributed by atoms with Crippen molar-refractivity contribution in [2.75, 3.05) is 0 Å². The summed E-state index contributed by atoms with van der Waals surface area (Å²) in [5.74, 6) is 0. The summed E-state index contributed by atoms with van der Waals surface area (Å²) in [5.41, 5.74) is 1.51. The van der Waals surface area contributed by atoms with Gasteiger partial charge in [-0.3, -0.25) is 3.97 Å². The molecule has 1 aromatic carbocycles. The summed E-state index contributed by atoms with van der Waals surface area (Å²) in [6.45, 7) is 10.6. The van der Waals surface area contributed by atoms with Crippen molar-refractivity contribution in [2.45, 2.75) is 39.5 Å². The topological polar surface area (TPSA) is 43.4 Å². The third-order valence-corrected chi connectivity index (χ3v) is 3.30. The van der Waals surface area contributed by atoms with Gasteiger partial charge in [0.25, 0.3) is 10.1 Å². The fraction of sp³-hybridized carbons (Fsp3) is 0.500. The van der Waals surface area contributed by atoms with E-state index in [1.807, 2.05) is 6.92 Å². The second-order valence-corrected chi connectivity index (χ2v) is 7.51. The highest BCUT2D eigenvalue weighted by Crippen LogP contribution is 2.14. The molecule has 1 rings (SSSR count). The van der Waals surface area contributed by atoms with Crippen LogP contribution in [0.5, 0.6) is 0 Å². The van der Waals surface area contributed by atoms with E-state index in [4.69, 9.17) is 0 Å². The Morgan fingerprint density at radius 1 is 1.06 bits per heavy atom.